The largest absolute Gasteiger partial charge is 0.303 e. The molecule has 1 aromatic carbocycles. The summed E-state index contributed by atoms with van der Waals surface area (Å²) < 4.78 is 0. The van der Waals surface area contributed by atoms with Crippen molar-refractivity contribution in [3.05, 3.63) is 57.3 Å². The van der Waals surface area contributed by atoms with Gasteiger partial charge in [0.15, 0.2) is 5.78 Å². The van der Waals surface area contributed by atoms with Crippen LogP contribution < -0.4 is 5.32 Å². The molecule has 1 aromatic heterocycles. The lowest BCUT2D eigenvalue weighted by Crippen LogP contribution is -2.42. The Labute approximate surface area is 123 Å². The second-order valence-corrected chi connectivity index (χ2v) is 6.52. The molecule has 0 spiro atoms. The summed E-state index contributed by atoms with van der Waals surface area (Å²) in [6.45, 7) is 2.95. The summed E-state index contributed by atoms with van der Waals surface area (Å²) >= 11 is 1.76. The molecule has 0 fully saturated rings. The Bertz CT molecular complexity index is 617. The highest BCUT2D eigenvalue weighted by atomic mass is 32.1. The zero-order valence-electron chi connectivity index (χ0n) is 11.7. The molecule has 1 aliphatic rings. The van der Waals surface area contributed by atoms with Gasteiger partial charge in [0, 0.05) is 22.7 Å². The van der Waals surface area contributed by atoms with Crippen molar-refractivity contribution in [2.24, 2.45) is 0 Å². The normalized spacial score (nSPS) is 17.8. The Morgan fingerprint density at radius 3 is 2.70 bits per heavy atom. The van der Waals surface area contributed by atoms with Gasteiger partial charge in [0.25, 0.3) is 0 Å². The highest BCUT2D eigenvalue weighted by Gasteiger charge is 2.23. The molecule has 1 atom stereocenters. The minimum absolute atomic E-state index is 0.0305. The van der Waals surface area contributed by atoms with Crippen LogP contribution in [0.25, 0.3) is 0 Å². The van der Waals surface area contributed by atoms with Gasteiger partial charge in [-0.1, -0.05) is 31.2 Å². The summed E-state index contributed by atoms with van der Waals surface area (Å²) in [6, 6.07) is 12.6. The van der Waals surface area contributed by atoms with Crippen molar-refractivity contribution < 1.29 is 4.79 Å². The van der Waals surface area contributed by atoms with Crippen LogP contribution in [-0.2, 0) is 30.6 Å². The molecule has 2 nitrogen and oxygen atoms in total. The van der Waals surface area contributed by atoms with Gasteiger partial charge >= 0.3 is 0 Å². The van der Waals surface area contributed by atoms with E-state index in [0.29, 0.717) is 12.2 Å². The second-order valence-electron chi connectivity index (χ2n) is 5.27. The SMILES string of the molecule is CCc1ccc(CC(=O)C2Cc3ccccc3CN2)s1. The van der Waals surface area contributed by atoms with Crippen LogP contribution in [0.1, 0.15) is 27.8 Å². The van der Waals surface area contributed by atoms with Crippen molar-refractivity contribution in [1.82, 2.24) is 5.32 Å². The first-order chi connectivity index (χ1) is 9.76. The van der Waals surface area contributed by atoms with Gasteiger partial charge in [-0.3, -0.25) is 4.79 Å². The predicted molar refractivity (Wildman–Crippen MR) is 83.2 cm³/mol. The van der Waals surface area contributed by atoms with Gasteiger partial charge in [0.1, 0.15) is 0 Å². The summed E-state index contributed by atoms with van der Waals surface area (Å²) in [5.41, 5.74) is 2.63. The van der Waals surface area contributed by atoms with Crippen LogP contribution >= 0.6 is 11.3 Å². The monoisotopic (exact) mass is 285 g/mol. The Morgan fingerprint density at radius 1 is 1.20 bits per heavy atom. The van der Waals surface area contributed by atoms with Crippen LogP contribution in [0.2, 0.25) is 0 Å². The highest BCUT2D eigenvalue weighted by Crippen LogP contribution is 2.21. The van der Waals surface area contributed by atoms with Gasteiger partial charge in [-0.15, -0.1) is 11.3 Å². The first-order valence-electron chi connectivity index (χ1n) is 7.16. The molecule has 2 aromatic rings. The van der Waals surface area contributed by atoms with Crippen molar-refractivity contribution in [1.29, 1.82) is 0 Å². The number of carbonyl (C=O) groups is 1. The molecule has 2 heterocycles. The molecule has 1 N–H and O–H groups in total. The third-order valence-electron chi connectivity index (χ3n) is 3.88. The number of ketones is 1. The molecule has 0 amide bonds. The van der Waals surface area contributed by atoms with Crippen molar-refractivity contribution in [3.63, 3.8) is 0 Å². The van der Waals surface area contributed by atoms with Crippen molar-refractivity contribution in [2.75, 3.05) is 0 Å². The van der Waals surface area contributed by atoms with Crippen molar-refractivity contribution in [2.45, 2.75) is 38.8 Å². The zero-order chi connectivity index (χ0) is 13.9. The average molecular weight is 285 g/mol. The number of fused-ring (bicyclic) bond motifs is 1. The van der Waals surface area contributed by atoms with Gasteiger partial charge in [-0.25, -0.2) is 0 Å². The smallest absolute Gasteiger partial charge is 0.155 e. The molecule has 0 saturated carbocycles. The van der Waals surface area contributed by atoms with Gasteiger partial charge in [0.2, 0.25) is 0 Å². The van der Waals surface area contributed by atoms with E-state index in [0.717, 1.165) is 19.4 Å². The van der Waals surface area contributed by atoms with E-state index in [-0.39, 0.29) is 6.04 Å². The number of rotatable bonds is 4. The number of aryl methyl sites for hydroxylation is 1. The maximum absolute atomic E-state index is 12.4. The quantitative estimate of drug-likeness (QED) is 0.935. The number of nitrogens with one attached hydrogen (secondary N) is 1. The van der Waals surface area contributed by atoms with E-state index in [9.17, 15) is 4.79 Å². The minimum atomic E-state index is -0.0305. The first-order valence-corrected chi connectivity index (χ1v) is 7.98. The van der Waals surface area contributed by atoms with Crippen LogP contribution in [0.4, 0.5) is 0 Å². The molecular formula is C17H19NOS. The summed E-state index contributed by atoms with van der Waals surface area (Å²) in [7, 11) is 0. The van der Waals surface area contributed by atoms with E-state index in [2.05, 4.69) is 48.6 Å². The third kappa shape index (κ3) is 2.84. The van der Waals surface area contributed by atoms with Gasteiger partial charge in [0.05, 0.1) is 6.04 Å². The van der Waals surface area contributed by atoms with Crippen molar-refractivity contribution in [3.8, 4) is 0 Å². The number of hydrogen-bond acceptors (Lipinski definition) is 3. The molecule has 3 heteroatoms. The second kappa shape index (κ2) is 5.90. The van der Waals surface area contributed by atoms with E-state index >= 15 is 0 Å². The van der Waals surface area contributed by atoms with Crippen LogP contribution in [0.3, 0.4) is 0 Å². The highest BCUT2D eigenvalue weighted by molar-refractivity contribution is 7.12. The summed E-state index contributed by atoms with van der Waals surface area (Å²) in [5.74, 6) is 0.309. The molecule has 0 radical (unpaired) electrons. The molecule has 0 aliphatic carbocycles. The third-order valence-corrected chi connectivity index (χ3v) is 5.11. The van der Waals surface area contributed by atoms with E-state index < -0.39 is 0 Å². The van der Waals surface area contributed by atoms with Crippen LogP contribution in [0.15, 0.2) is 36.4 Å². The summed E-state index contributed by atoms with van der Waals surface area (Å²) in [5, 5.41) is 3.37. The molecular weight excluding hydrogens is 266 g/mol. The number of Topliss-reactive ketones (excluding diaryl/α,β-unsaturated/α-hetero) is 1. The lowest BCUT2D eigenvalue weighted by atomic mass is 9.92. The molecule has 0 bridgehead atoms. The zero-order valence-corrected chi connectivity index (χ0v) is 12.5. The lowest BCUT2D eigenvalue weighted by molar-refractivity contribution is -0.120. The van der Waals surface area contributed by atoms with Crippen LogP contribution in [0.5, 0.6) is 0 Å². The number of thiophene rings is 1. The predicted octanol–water partition coefficient (Wildman–Crippen LogP) is 3.14. The standard InChI is InChI=1S/C17H19NOS/c1-2-14-7-8-15(20-14)10-17(19)16-9-12-5-3-4-6-13(12)11-18-16/h3-8,16,18H,2,9-11H2,1H3. The molecule has 1 aliphatic heterocycles. The van der Waals surface area contributed by atoms with Gasteiger partial charge in [-0.05, 0) is 36.1 Å². The Balaban J connectivity index is 1.67. The summed E-state index contributed by atoms with van der Waals surface area (Å²) in [4.78, 5) is 15.0. The lowest BCUT2D eigenvalue weighted by Gasteiger charge is -2.25. The molecule has 3 rings (SSSR count). The Hall–Kier alpha value is -1.45. The number of carbonyl (C=O) groups excluding carboxylic acids is 1. The average Bonchev–Trinajstić information content (AvgIpc) is 2.94. The maximum Gasteiger partial charge on any atom is 0.155 e. The number of hydrogen-bond donors (Lipinski definition) is 1. The minimum Gasteiger partial charge on any atom is -0.303 e. The van der Waals surface area contributed by atoms with E-state index in [1.807, 2.05) is 0 Å². The Kier molecular flexibility index (Phi) is 3.99. The van der Waals surface area contributed by atoms with E-state index in [1.165, 1.54) is 20.9 Å². The fourth-order valence-electron chi connectivity index (χ4n) is 2.68. The molecule has 1 unspecified atom stereocenters. The fraction of sp³-hybridized carbons (Fsp3) is 0.353. The van der Waals surface area contributed by atoms with Crippen LogP contribution in [-0.4, -0.2) is 11.8 Å². The van der Waals surface area contributed by atoms with Crippen LogP contribution in [0, 0.1) is 0 Å². The maximum atomic E-state index is 12.4. The number of benzene rings is 1. The van der Waals surface area contributed by atoms with E-state index in [4.69, 9.17) is 0 Å². The van der Waals surface area contributed by atoms with Gasteiger partial charge < -0.3 is 5.32 Å². The van der Waals surface area contributed by atoms with Gasteiger partial charge in [-0.2, -0.15) is 0 Å². The first kappa shape index (κ1) is 13.5. The fourth-order valence-corrected chi connectivity index (χ4v) is 3.65. The molecule has 104 valence electrons. The molecule has 0 saturated heterocycles. The Morgan fingerprint density at radius 2 is 1.95 bits per heavy atom. The topological polar surface area (TPSA) is 29.1 Å². The van der Waals surface area contributed by atoms with E-state index in [1.54, 1.807) is 11.3 Å². The molecule has 20 heavy (non-hydrogen) atoms. The van der Waals surface area contributed by atoms with Crippen molar-refractivity contribution >= 4 is 17.1 Å². The summed E-state index contributed by atoms with van der Waals surface area (Å²) in [6.07, 6.45) is 2.43.